The van der Waals surface area contributed by atoms with Gasteiger partial charge in [-0.3, -0.25) is 4.79 Å². The molecule has 0 aliphatic carbocycles. The number of carbonyl (C=O) groups excluding carboxylic acids is 1. The fraction of sp³-hybridized carbons (Fsp3) is 0.130. The molecule has 1 heterocycles. The molecule has 146 valence electrons. The Hall–Kier alpha value is -2.63. The van der Waals surface area contributed by atoms with Gasteiger partial charge in [0.05, 0.1) is 17.6 Å². The first-order chi connectivity index (χ1) is 14.0. The molecule has 0 unspecified atom stereocenters. The van der Waals surface area contributed by atoms with E-state index in [1.54, 1.807) is 0 Å². The molecule has 0 N–H and O–H groups in total. The smallest absolute Gasteiger partial charge is 0.254 e. The third kappa shape index (κ3) is 4.36. The van der Waals surface area contributed by atoms with Crippen LogP contribution in [0.5, 0.6) is 0 Å². The third-order valence-corrected chi connectivity index (χ3v) is 5.57. The molecule has 6 heteroatoms. The van der Waals surface area contributed by atoms with Crippen LogP contribution in [0.1, 0.15) is 21.7 Å². The highest BCUT2D eigenvalue weighted by Crippen LogP contribution is 2.22. The van der Waals surface area contributed by atoms with Crippen LogP contribution in [0.3, 0.4) is 0 Å². The van der Waals surface area contributed by atoms with Gasteiger partial charge in [-0.1, -0.05) is 63.9 Å². The van der Waals surface area contributed by atoms with E-state index in [1.807, 2.05) is 89.3 Å². The zero-order chi connectivity index (χ0) is 20.4. The molecule has 0 bridgehead atoms. The summed E-state index contributed by atoms with van der Waals surface area (Å²) in [7, 11) is 1.95. The van der Waals surface area contributed by atoms with Crippen molar-refractivity contribution in [1.29, 1.82) is 0 Å². The summed E-state index contributed by atoms with van der Waals surface area (Å²) in [5.74, 6) is 0.766. The van der Waals surface area contributed by atoms with Gasteiger partial charge in [0.1, 0.15) is 5.82 Å². The molecule has 4 rings (SSSR count). The maximum absolute atomic E-state index is 13.3. The number of nitrogens with zero attached hydrogens (tertiary/aromatic N) is 3. The molecule has 4 aromatic rings. The maximum atomic E-state index is 13.3. The van der Waals surface area contributed by atoms with Gasteiger partial charge in [-0.05, 0) is 42.0 Å². The van der Waals surface area contributed by atoms with E-state index in [9.17, 15) is 4.79 Å². The fourth-order valence-electron chi connectivity index (χ4n) is 3.33. The number of aromatic nitrogens is 2. The molecule has 0 fully saturated rings. The standard InChI is InChI=1S/C23H19BrClN3O/c1-27-21-13-19(25)10-11-20(21)26-22(27)15-28(14-16-6-3-2-4-7-16)23(29)17-8-5-9-18(24)12-17/h2-13H,14-15H2,1H3. The van der Waals surface area contributed by atoms with Gasteiger partial charge in [-0.25, -0.2) is 4.98 Å². The van der Waals surface area contributed by atoms with Crippen LogP contribution in [0.15, 0.2) is 77.3 Å². The second kappa shape index (κ2) is 8.39. The Balaban J connectivity index is 1.70. The molecular formula is C23H19BrClN3O. The van der Waals surface area contributed by atoms with E-state index in [2.05, 4.69) is 15.9 Å². The predicted molar refractivity (Wildman–Crippen MR) is 120 cm³/mol. The quantitative estimate of drug-likeness (QED) is 0.369. The van der Waals surface area contributed by atoms with E-state index in [4.69, 9.17) is 16.6 Å². The molecular weight excluding hydrogens is 450 g/mol. The van der Waals surface area contributed by atoms with Crippen molar-refractivity contribution in [3.8, 4) is 0 Å². The average molecular weight is 469 g/mol. The molecule has 0 saturated carbocycles. The summed E-state index contributed by atoms with van der Waals surface area (Å²) < 4.78 is 2.87. The van der Waals surface area contributed by atoms with Crippen LogP contribution in [-0.4, -0.2) is 20.4 Å². The molecule has 0 spiro atoms. The van der Waals surface area contributed by atoms with Crippen molar-refractivity contribution in [3.63, 3.8) is 0 Å². The zero-order valence-electron chi connectivity index (χ0n) is 15.8. The van der Waals surface area contributed by atoms with Gasteiger partial charge in [0.15, 0.2) is 0 Å². The number of halogens is 2. The summed E-state index contributed by atoms with van der Waals surface area (Å²) in [6, 6.07) is 23.1. The summed E-state index contributed by atoms with van der Waals surface area (Å²) in [6.07, 6.45) is 0. The van der Waals surface area contributed by atoms with Crippen molar-refractivity contribution in [3.05, 3.63) is 99.2 Å². The van der Waals surface area contributed by atoms with E-state index in [1.165, 1.54) is 0 Å². The Bertz CT molecular complexity index is 1170. The molecule has 1 aromatic heterocycles. The largest absolute Gasteiger partial charge is 0.330 e. The monoisotopic (exact) mass is 467 g/mol. The highest BCUT2D eigenvalue weighted by atomic mass is 79.9. The summed E-state index contributed by atoms with van der Waals surface area (Å²) in [6.45, 7) is 0.888. The van der Waals surface area contributed by atoms with Crippen LogP contribution in [0.4, 0.5) is 0 Å². The van der Waals surface area contributed by atoms with E-state index >= 15 is 0 Å². The van der Waals surface area contributed by atoms with Crippen molar-refractivity contribution in [2.45, 2.75) is 13.1 Å². The topological polar surface area (TPSA) is 38.1 Å². The number of amides is 1. The molecule has 0 radical (unpaired) electrons. The molecule has 3 aromatic carbocycles. The minimum atomic E-state index is -0.0414. The van der Waals surface area contributed by atoms with Crippen molar-refractivity contribution in [2.75, 3.05) is 0 Å². The lowest BCUT2D eigenvalue weighted by Gasteiger charge is -2.23. The normalized spacial score (nSPS) is 11.0. The Morgan fingerprint density at radius 3 is 2.59 bits per heavy atom. The second-order valence-corrected chi connectivity index (χ2v) is 8.23. The van der Waals surface area contributed by atoms with Gasteiger partial charge < -0.3 is 9.47 Å². The molecule has 1 amide bonds. The molecule has 0 aliphatic heterocycles. The number of hydrogen-bond donors (Lipinski definition) is 0. The van der Waals surface area contributed by atoms with E-state index in [-0.39, 0.29) is 5.91 Å². The molecule has 0 atom stereocenters. The summed E-state index contributed by atoms with van der Waals surface area (Å²) in [5, 5.41) is 0.665. The third-order valence-electron chi connectivity index (χ3n) is 4.84. The van der Waals surface area contributed by atoms with Gasteiger partial charge in [0.2, 0.25) is 0 Å². The summed E-state index contributed by atoms with van der Waals surface area (Å²) in [4.78, 5) is 19.9. The van der Waals surface area contributed by atoms with Gasteiger partial charge in [0.25, 0.3) is 5.91 Å². The molecule has 0 saturated heterocycles. The van der Waals surface area contributed by atoms with Crippen molar-refractivity contribution < 1.29 is 4.79 Å². The zero-order valence-corrected chi connectivity index (χ0v) is 18.2. The van der Waals surface area contributed by atoms with Crippen molar-refractivity contribution in [1.82, 2.24) is 14.5 Å². The molecule has 4 nitrogen and oxygen atoms in total. The first-order valence-electron chi connectivity index (χ1n) is 9.21. The summed E-state index contributed by atoms with van der Waals surface area (Å²) in [5.41, 5.74) is 3.51. The van der Waals surface area contributed by atoms with Crippen LogP contribution in [0.25, 0.3) is 11.0 Å². The molecule has 29 heavy (non-hydrogen) atoms. The predicted octanol–water partition coefficient (Wildman–Crippen LogP) is 5.83. The lowest BCUT2D eigenvalue weighted by Crippen LogP contribution is -2.31. The van der Waals surface area contributed by atoms with Crippen LogP contribution < -0.4 is 0 Å². The van der Waals surface area contributed by atoms with Gasteiger partial charge in [-0.15, -0.1) is 0 Å². The summed E-state index contributed by atoms with van der Waals surface area (Å²) >= 11 is 9.60. The van der Waals surface area contributed by atoms with Crippen LogP contribution in [-0.2, 0) is 20.1 Å². The Morgan fingerprint density at radius 2 is 1.83 bits per heavy atom. The van der Waals surface area contributed by atoms with Crippen LogP contribution in [0, 0.1) is 0 Å². The van der Waals surface area contributed by atoms with E-state index in [0.717, 1.165) is 26.9 Å². The lowest BCUT2D eigenvalue weighted by molar-refractivity contribution is 0.0724. The highest BCUT2D eigenvalue weighted by Gasteiger charge is 2.20. The number of benzene rings is 3. The number of carbonyl (C=O) groups is 1. The van der Waals surface area contributed by atoms with Gasteiger partial charge in [-0.2, -0.15) is 0 Å². The maximum Gasteiger partial charge on any atom is 0.254 e. The van der Waals surface area contributed by atoms with Crippen molar-refractivity contribution in [2.24, 2.45) is 7.05 Å². The average Bonchev–Trinajstić information content (AvgIpc) is 3.03. The lowest BCUT2D eigenvalue weighted by atomic mass is 10.1. The van der Waals surface area contributed by atoms with E-state index < -0.39 is 0 Å². The second-order valence-electron chi connectivity index (χ2n) is 6.88. The minimum absolute atomic E-state index is 0.0414. The van der Waals surface area contributed by atoms with Crippen LogP contribution in [0.2, 0.25) is 5.02 Å². The Kier molecular flexibility index (Phi) is 5.69. The van der Waals surface area contributed by atoms with E-state index in [0.29, 0.717) is 23.7 Å². The van der Waals surface area contributed by atoms with Gasteiger partial charge in [0, 0.05) is 28.7 Å². The number of imidazole rings is 1. The Labute approximate surface area is 182 Å². The van der Waals surface area contributed by atoms with Gasteiger partial charge >= 0.3 is 0 Å². The number of aryl methyl sites for hydroxylation is 1. The van der Waals surface area contributed by atoms with Crippen molar-refractivity contribution >= 4 is 44.5 Å². The highest BCUT2D eigenvalue weighted by molar-refractivity contribution is 9.10. The SMILES string of the molecule is Cn1c(CN(Cc2ccccc2)C(=O)c2cccc(Br)c2)nc2ccc(Cl)cc21. The Morgan fingerprint density at radius 1 is 1.03 bits per heavy atom. The number of hydrogen-bond acceptors (Lipinski definition) is 2. The first-order valence-corrected chi connectivity index (χ1v) is 10.4. The fourth-order valence-corrected chi connectivity index (χ4v) is 3.90. The van der Waals surface area contributed by atoms with Crippen LogP contribution >= 0.6 is 27.5 Å². The first kappa shape index (κ1) is 19.7. The number of fused-ring (bicyclic) bond motifs is 1. The molecule has 0 aliphatic rings. The minimum Gasteiger partial charge on any atom is -0.330 e. The number of rotatable bonds is 5.